The van der Waals surface area contributed by atoms with E-state index < -0.39 is 12.6 Å². The molecule has 0 aliphatic carbocycles. The monoisotopic (exact) mass is 344 g/mol. The van der Waals surface area contributed by atoms with Crippen molar-refractivity contribution >= 4 is 17.6 Å². The molecule has 1 heterocycles. The largest absolute Gasteiger partial charge is 0.482 e. The van der Waals surface area contributed by atoms with Crippen LogP contribution in [0.25, 0.3) is 0 Å². The van der Waals surface area contributed by atoms with E-state index in [9.17, 15) is 9.59 Å². The maximum Gasteiger partial charge on any atom is 0.341 e. The lowest BCUT2D eigenvalue weighted by Crippen LogP contribution is -2.27. The number of amides is 1. The van der Waals surface area contributed by atoms with Gasteiger partial charge in [-0.2, -0.15) is 0 Å². The fourth-order valence-corrected chi connectivity index (χ4v) is 2.04. The standard InChI is InChI=1S/C18H20N2O5/c1-12(2)25-16-6-4-5-15(19-16)18(23)20(3)13-7-9-14(10-8-13)24-11-17(21)22/h4-10,12H,11H2,1-3H3,(H,21,22). The summed E-state index contributed by atoms with van der Waals surface area (Å²) in [5, 5.41) is 8.60. The highest BCUT2D eigenvalue weighted by atomic mass is 16.5. The van der Waals surface area contributed by atoms with E-state index in [0.717, 1.165) is 0 Å². The normalized spacial score (nSPS) is 10.4. The molecule has 132 valence electrons. The van der Waals surface area contributed by atoms with Gasteiger partial charge in [0.2, 0.25) is 5.88 Å². The number of carbonyl (C=O) groups is 2. The molecule has 0 aliphatic rings. The van der Waals surface area contributed by atoms with E-state index in [2.05, 4.69) is 4.98 Å². The molecule has 2 aromatic rings. The van der Waals surface area contributed by atoms with Crippen molar-refractivity contribution in [2.75, 3.05) is 18.6 Å². The number of carboxylic acid groups (broad SMARTS) is 1. The number of hydrogen-bond donors (Lipinski definition) is 1. The van der Waals surface area contributed by atoms with Gasteiger partial charge in [0.25, 0.3) is 5.91 Å². The number of nitrogens with zero attached hydrogens (tertiary/aromatic N) is 2. The van der Waals surface area contributed by atoms with E-state index in [1.54, 1.807) is 49.5 Å². The molecule has 0 saturated heterocycles. The van der Waals surface area contributed by atoms with Crippen molar-refractivity contribution in [3.63, 3.8) is 0 Å². The molecule has 7 heteroatoms. The zero-order chi connectivity index (χ0) is 18.4. The van der Waals surface area contributed by atoms with Crippen LogP contribution in [0.15, 0.2) is 42.5 Å². The Morgan fingerprint density at radius 2 is 1.84 bits per heavy atom. The number of hydrogen-bond acceptors (Lipinski definition) is 5. The molecule has 2 rings (SSSR count). The van der Waals surface area contributed by atoms with Gasteiger partial charge < -0.3 is 19.5 Å². The summed E-state index contributed by atoms with van der Waals surface area (Å²) in [4.78, 5) is 28.7. The molecule has 1 aromatic carbocycles. The van der Waals surface area contributed by atoms with E-state index in [0.29, 0.717) is 17.3 Å². The fourth-order valence-electron chi connectivity index (χ4n) is 2.04. The SMILES string of the molecule is CC(C)Oc1cccc(C(=O)N(C)c2ccc(OCC(=O)O)cc2)n1. The van der Waals surface area contributed by atoms with Crippen molar-refractivity contribution < 1.29 is 24.2 Å². The number of pyridine rings is 1. The quantitative estimate of drug-likeness (QED) is 0.830. The van der Waals surface area contributed by atoms with Crippen LogP contribution in [-0.4, -0.2) is 41.7 Å². The minimum Gasteiger partial charge on any atom is -0.482 e. The van der Waals surface area contributed by atoms with Gasteiger partial charge in [-0.3, -0.25) is 4.79 Å². The Kier molecular flexibility index (Phi) is 5.94. The van der Waals surface area contributed by atoms with Gasteiger partial charge in [0.15, 0.2) is 6.61 Å². The Hall–Kier alpha value is -3.09. The molecule has 0 saturated carbocycles. The molecule has 25 heavy (non-hydrogen) atoms. The van der Waals surface area contributed by atoms with Crippen LogP contribution >= 0.6 is 0 Å². The summed E-state index contributed by atoms with van der Waals surface area (Å²) in [5.41, 5.74) is 0.900. The molecular formula is C18H20N2O5. The molecule has 1 aromatic heterocycles. The summed E-state index contributed by atoms with van der Waals surface area (Å²) < 4.78 is 10.6. The van der Waals surface area contributed by atoms with Gasteiger partial charge in [0.05, 0.1) is 6.10 Å². The molecule has 0 aliphatic heterocycles. The van der Waals surface area contributed by atoms with Gasteiger partial charge in [-0.05, 0) is 44.2 Å². The summed E-state index contributed by atoms with van der Waals surface area (Å²) in [5.74, 6) is -0.525. The van der Waals surface area contributed by atoms with Crippen LogP contribution in [0.4, 0.5) is 5.69 Å². The molecule has 0 bridgehead atoms. The van der Waals surface area contributed by atoms with Crippen LogP contribution in [-0.2, 0) is 4.79 Å². The number of aromatic nitrogens is 1. The predicted octanol–water partition coefficient (Wildman–Crippen LogP) is 2.61. The second kappa shape index (κ2) is 8.14. The summed E-state index contributed by atoms with van der Waals surface area (Å²) in [6.45, 7) is 3.35. The second-order valence-electron chi connectivity index (χ2n) is 5.57. The molecule has 0 unspecified atom stereocenters. The van der Waals surface area contributed by atoms with Gasteiger partial charge in [-0.15, -0.1) is 0 Å². The van der Waals surface area contributed by atoms with Gasteiger partial charge in [-0.1, -0.05) is 6.07 Å². The molecule has 7 nitrogen and oxygen atoms in total. The predicted molar refractivity (Wildman–Crippen MR) is 92.3 cm³/mol. The molecule has 1 N–H and O–H groups in total. The Labute approximate surface area is 145 Å². The highest BCUT2D eigenvalue weighted by Crippen LogP contribution is 2.20. The first-order valence-electron chi connectivity index (χ1n) is 7.73. The van der Waals surface area contributed by atoms with E-state index >= 15 is 0 Å². The average molecular weight is 344 g/mol. The van der Waals surface area contributed by atoms with Gasteiger partial charge in [-0.25, -0.2) is 9.78 Å². The molecular weight excluding hydrogens is 324 g/mol. The van der Waals surface area contributed by atoms with Gasteiger partial charge >= 0.3 is 5.97 Å². The third-order valence-electron chi connectivity index (χ3n) is 3.19. The Balaban J connectivity index is 2.10. The lowest BCUT2D eigenvalue weighted by molar-refractivity contribution is -0.139. The van der Waals surface area contributed by atoms with Crippen LogP contribution in [0.1, 0.15) is 24.3 Å². The van der Waals surface area contributed by atoms with Crippen molar-refractivity contribution in [3.8, 4) is 11.6 Å². The minimum atomic E-state index is -1.05. The maximum absolute atomic E-state index is 12.6. The Bertz CT molecular complexity index is 743. The maximum atomic E-state index is 12.6. The van der Waals surface area contributed by atoms with E-state index in [1.165, 1.54) is 4.90 Å². The van der Waals surface area contributed by atoms with Gasteiger partial charge in [0, 0.05) is 18.8 Å². The smallest absolute Gasteiger partial charge is 0.341 e. The van der Waals surface area contributed by atoms with Crippen molar-refractivity contribution in [3.05, 3.63) is 48.2 Å². The molecule has 1 amide bonds. The van der Waals surface area contributed by atoms with Crippen LogP contribution in [0.2, 0.25) is 0 Å². The summed E-state index contributed by atoms with van der Waals surface area (Å²) in [7, 11) is 1.63. The van der Waals surface area contributed by atoms with E-state index in [-0.39, 0.29) is 17.7 Å². The third kappa shape index (κ3) is 5.20. The van der Waals surface area contributed by atoms with Crippen molar-refractivity contribution in [2.45, 2.75) is 20.0 Å². The number of anilines is 1. The first kappa shape index (κ1) is 18.3. The lowest BCUT2D eigenvalue weighted by atomic mass is 10.2. The Morgan fingerprint density at radius 1 is 1.16 bits per heavy atom. The van der Waals surface area contributed by atoms with Crippen LogP contribution in [0.5, 0.6) is 11.6 Å². The van der Waals surface area contributed by atoms with Crippen LogP contribution in [0, 0.1) is 0 Å². The summed E-state index contributed by atoms with van der Waals surface area (Å²) >= 11 is 0. The third-order valence-corrected chi connectivity index (χ3v) is 3.19. The lowest BCUT2D eigenvalue weighted by Gasteiger charge is -2.18. The topological polar surface area (TPSA) is 89.0 Å². The first-order chi connectivity index (χ1) is 11.9. The summed E-state index contributed by atoms with van der Waals surface area (Å²) in [6, 6.07) is 11.6. The number of benzene rings is 1. The average Bonchev–Trinajstić information content (AvgIpc) is 2.59. The number of aliphatic carboxylic acids is 1. The van der Waals surface area contributed by atoms with Crippen LogP contribution < -0.4 is 14.4 Å². The molecule has 0 radical (unpaired) electrons. The highest BCUT2D eigenvalue weighted by Gasteiger charge is 2.16. The summed E-state index contributed by atoms with van der Waals surface area (Å²) in [6.07, 6.45) is -0.0334. The minimum absolute atomic E-state index is 0.0334. The zero-order valence-electron chi connectivity index (χ0n) is 14.3. The van der Waals surface area contributed by atoms with Crippen LogP contribution in [0.3, 0.4) is 0 Å². The number of ether oxygens (including phenoxy) is 2. The van der Waals surface area contributed by atoms with Crippen molar-refractivity contribution in [1.82, 2.24) is 4.98 Å². The van der Waals surface area contributed by atoms with E-state index in [4.69, 9.17) is 14.6 Å². The first-order valence-corrected chi connectivity index (χ1v) is 7.73. The number of carbonyl (C=O) groups excluding carboxylic acids is 1. The molecule has 0 fully saturated rings. The number of rotatable bonds is 7. The number of carboxylic acids is 1. The Morgan fingerprint density at radius 3 is 2.44 bits per heavy atom. The molecule has 0 spiro atoms. The van der Waals surface area contributed by atoms with E-state index in [1.807, 2.05) is 13.8 Å². The highest BCUT2D eigenvalue weighted by molar-refractivity contribution is 6.04. The zero-order valence-corrected chi connectivity index (χ0v) is 14.3. The molecule has 0 atom stereocenters. The van der Waals surface area contributed by atoms with Crippen molar-refractivity contribution in [2.24, 2.45) is 0 Å². The second-order valence-corrected chi connectivity index (χ2v) is 5.57. The van der Waals surface area contributed by atoms with Gasteiger partial charge in [0.1, 0.15) is 11.4 Å². The fraction of sp³-hybridized carbons (Fsp3) is 0.278. The van der Waals surface area contributed by atoms with Crippen molar-refractivity contribution in [1.29, 1.82) is 0 Å².